The van der Waals surface area contributed by atoms with E-state index >= 15 is 0 Å². The Bertz CT molecular complexity index is 1080. The van der Waals surface area contributed by atoms with Gasteiger partial charge < -0.3 is 0 Å². The highest BCUT2D eigenvalue weighted by Crippen LogP contribution is 2.39. The summed E-state index contributed by atoms with van der Waals surface area (Å²) in [6.07, 6.45) is 0.879. The van der Waals surface area contributed by atoms with Crippen LogP contribution < -0.4 is 0 Å². The zero-order chi connectivity index (χ0) is 16.8. The van der Waals surface area contributed by atoms with Crippen LogP contribution in [0.25, 0.3) is 20.2 Å². The molecule has 0 unspecified atom stereocenters. The highest BCUT2D eigenvalue weighted by molar-refractivity contribution is 9.11. The number of hydrogen-bond donors (Lipinski definition) is 0. The Labute approximate surface area is 177 Å². The fourth-order valence-electron chi connectivity index (χ4n) is 2.84. The van der Waals surface area contributed by atoms with Crippen LogP contribution in [0.2, 0.25) is 0 Å². The minimum Gasteiger partial charge on any atom is -0.135 e. The van der Waals surface area contributed by atoms with Crippen molar-refractivity contribution in [2.45, 2.75) is 6.42 Å². The minimum atomic E-state index is 0.879. The standard InChI is InChI=1S/C19H10Br4S/c20-12-2-4-16(22)10(6-12)5-11-7-15-14-3-1-13(21)8-18(14)24-19(15)9-17(11)23/h1-4,6-9H,5H2. The molecule has 3 aromatic carbocycles. The van der Waals surface area contributed by atoms with Crippen LogP contribution >= 0.6 is 75.1 Å². The van der Waals surface area contributed by atoms with Gasteiger partial charge in [0.15, 0.2) is 0 Å². The van der Waals surface area contributed by atoms with Gasteiger partial charge in [-0.3, -0.25) is 0 Å². The number of fused-ring (bicyclic) bond motifs is 3. The molecule has 0 saturated heterocycles. The van der Waals surface area contributed by atoms with E-state index in [9.17, 15) is 0 Å². The second kappa shape index (κ2) is 6.84. The molecule has 0 fully saturated rings. The van der Waals surface area contributed by atoms with Crippen LogP contribution in [0.4, 0.5) is 0 Å². The fourth-order valence-corrected chi connectivity index (χ4v) is 5.95. The molecule has 4 rings (SSSR count). The maximum atomic E-state index is 3.76. The second-order valence-electron chi connectivity index (χ2n) is 5.59. The van der Waals surface area contributed by atoms with Gasteiger partial charge in [-0.15, -0.1) is 11.3 Å². The van der Waals surface area contributed by atoms with E-state index in [0.717, 1.165) is 24.3 Å². The average Bonchev–Trinajstić information content (AvgIpc) is 2.87. The van der Waals surface area contributed by atoms with E-state index in [-0.39, 0.29) is 0 Å². The van der Waals surface area contributed by atoms with Crippen molar-refractivity contribution in [2.75, 3.05) is 0 Å². The Balaban J connectivity index is 1.87. The minimum absolute atomic E-state index is 0.879. The Morgan fingerprint density at radius 2 is 1.29 bits per heavy atom. The number of rotatable bonds is 2. The van der Waals surface area contributed by atoms with E-state index in [0.29, 0.717) is 0 Å². The Morgan fingerprint density at radius 3 is 2.12 bits per heavy atom. The van der Waals surface area contributed by atoms with E-state index < -0.39 is 0 Å². The normalized spacial score (nSPS) is 11.5. The number of benzene rings is 3. The van der Waals surface area contributed by atoms with Crippen molar-refractivity contribution in [3.63, 3.8) is 0 Å². The van der Waals surface area contributed by atoms with Crippen molar-refractivity contribution >= 4 is 95.2 Å². The van der Waals surface area contributed by atoms with Gasteiger partial charge in [0.05, 0.1) is 0 Å². The molecular formula is C19H10Br4S. The molecule has 0 aliphatic heterocycles. The van der Waals surface area contributed by atoms with Crippen LogP contribution in [0.1, 0.15) is 11.1 Å². The fraction of sp³-hybridized carbons (Fsp3) is 0.0526. The summed E-state index contributed by atoms with van der Waals surface area (Å²) in [6.45, 7) is 0. The molecular weight excluding hydrogens is 580 g/mol. The average molecular weight is 590 g/mol. The van der Waals surface area contributed by atoms with Gasteiger partial charge in [-0.2, -0.15) is 0 Å². The summed E-state index contributed by atoms with van der Waals surface area (Å²) in [5.74, 6) is 0. The van der Waals surface area contributed by atoms with E-state index in [1.807, 2.05) is 11.3 Å². The summed E-state index contributed by atoms with van der Waals surface area (Å²) < 4.78 is 7.14. The molecule has 0 radical (unpaired) electrons. The molecule has 5 heteroatoms. The van der Waals surface area contributed by atoms with Crippen molar-refractivity contribution in [1.82, 2.24) is 0 Å². The van der Waals surface area contributed by atoms with Crippen LogP contribution in [-0.4, -0.2) is 0 Å². The molecule has 0 amide bonds. The summed E-state index contributed by atoms with van der Waals surface area (Å²) in [5, 5.41) is 2.65. The molecule has 0 atom stereocenters. The second-order valence-corrected chi connectivity index (χ2v) is 10.2. The van der Waals surface area contributed by atoms with Crippen LogP contribution in [0.3, 0.4) is 0 Å². The lowest BCUT2D eigenvalue weighted by Gasteiger charge is -2.08. The third-order valence-corrected chi connectivity index (χ3v) is 7.60. The van der Waals surface area contributed by atoms with Crippen molar-refractivity contribution in [3.8, 4) is 0 Å². The molecule has 0 saturated carbocycles. The molecule has 0 aliphatic rings. The van der Waals surface area contributed by atoms with Crippen molar-refractivity contribution < 1.29 is 0 Å². The maximum Gasteiger partial charge on any atom is 0.0366 e. The van der Waals surface area contributed by atoms with Crippen LogP contribution in [-0.2, 0) is 6.42 Å². The van der Waals surface area contributed by atoms with Gasteiger partial charge in [0.1, 0.15) is 0 Å². The van der Waals surface area contributed by atoms with Gasteiger partial charge in [0, 0.05) is 38.1 Å². The molecule has 1 heterocycles. The largest absolute Gasteiger partial charge is 0.135 e. The first-order chi connectivity index (χ1) is 11.5. The van der Waals surface area contributed by atoms with Gasteiger partial charge in [-0.1, -0.05) is 69.8 Å². The van der Waals surface area contributed by atoms with E-state index in [2.05, 4.69) is 112 Å². The van der Waals surface area contributed by atoms with Crippen molar-refractivity contribution in [3.05, 3.63) is 77.5 Å². The van der Waals surface area contributed by atoms with E-state index in [1.54, 1.807) is 0 Å². The highest BCUT2D eigenvalue weighted by Gasteiger charge is 2.11. The first-order valence-electron chi connectivity index (χ1n) is 7.25. The van der Waals surface area contributed by atoms with Gasteiger partial charge >= 0.3 is 0 Å². The van der Waals surface area contributed by atoms with Crippen LogP contribution in [0.15, 0.2) is 66.4 Å². The van der Waals surface area contributed by atoms with Gasteiger partial charge in [-0.25, -0.2) is 0 Å². The molecule has 0 spiro atoms. The third kappa shape index (κ3) is 3.26. The van der Waals surface area contributed by atoms with Gasteiger partial charge in [0.25, 0.3) is 0 Å². The predicted molar refractivity (Wildman–Crippen MR) is 119 cm³/mol. The van der Waals surface area contributed by atoms with Crippen molar-refractivity contribution in [1.29, 1.82) is 0 Å². The summed E-state index contributed by atoms with van der Waals surface area (Å²) >= 11 is 16.4. The summed E-state index contributed by atoms with van der Waals surface area (Å²) in [6, 6.07) is 17.4. The number of hydrogen-bond acceptors (Lipinski definition) is 1. The monoisotopic (exact) mass is 586 g/mol. The predicted octanol–water partition coefficient (Wildman–Crippen LogP) is 8.70. The third-order valence-electron chi connectivity index (χ3n) is 3.99. The SMILES string of the molecule is Brc1ccc(Br)c(Cc2cc3c(cc2Br)sc2cc(Br)ccc23)c1. The van der Waals surface area contributed by atoms with E-state index in [1.165, 1.54) is 31.3 Å². The zero-order valence-corrected chi connectivity index (χ0v) is 19.4. The number of thiophene rings is 1. The zero-order valence-electron chi connectivity index (χ0n) is 12.2. The lowest BCUT2D eigenvalue weighted by Crippen LogP contribution is -1.91. The number of halogens is 4. The van der Waals surface area contributed by atoms with Crippen LogP contribution in [0, 0.1) is 0 Å². The first-order valence-corrected chi connectivity index (χ1v) is 11.2. The Kier molecular flexibility index (Phi) is 4.91. The summed E-state index contributed by atoms with van der Waals surface area (Å²) in [5.41, 5.74) is 2.57. The molecule has 1 aromatic heterocycles. The van der Waals surface area contributed by atoms with Crippen molar-refractivity contribution in [2.24, 2.45) is 0 Å². The quantitative estimate of drug-likeness (QED) is 0.219. The first kappa shape index (κ1) is 17.2. The molecule has 0 bridgehead atoms. The van der Waals surface area contributed by atoms with Gasteiger partial charge in [-0.05, 0) is 60.0 Å². The Hall–Kier alpha value is -0.200. The lowest BCUT2D eigenvalue weighted by molar-refractivity contribution is 1.17. The summed E-state index contributed by atoms with van der Waals surface area (Å²) in [7, 11) is 0. The molecule has 0 N–H and O–H groups in total. The van der Waals surface area contributed by atoms with Gasteiger partial charge in [0.2, 0.25) is 0 Å². The van der Waals surface area contributed by atoms with Crippen LogP contribution in [0.5, 0.6) is 0 Å². The maximum absolute atomic E-state index is 3.76. The summed E-state index contributed by atoms with van der Waals surface area (Å²) in [4.78, 5) is 0. The molecule has 120 valence electrons. The molecule has 0 nitrogen and oxygen atoms in total. The lowest BCUT2D eigenvalue weighted by atomic mass is 10.0. The van der Waals surface area contributed by atoms with E-state index in [4.69, 9.17) is 0 Å². The molecule has 0 aliphatic carbocycles. The topological polar surface area (TPSA) is 0 Å². The molecule has 24 heavy (non-hydrogen) atoms. The smallest absolute Gasteiger partial charge is 0.0366 e. The molecule has 4 aromatic rings. The Morgan fingerprint density at radius 1 is 0.625 bits per heavy atom. The highest BCUT2D eigenvalue weighted by atomic mass is 79.9.